The number of benzene rings is 1. The largest absolute Gasteiger partial charge is 0.438 e. The Hall–Kier alpha value is -0.390. The molecule has 0 fully saturated rings. The molecule has 0 bridgehead atoms. The summed E-state index contributed by atoms with van der Waals surface area (Å²) in [7, 11) is 0. The van der Waals surface area contributed by atoms with Crippen molar-refractivity contribution in [2.75, 3.05) is 0 Å². The molecule has 0 saturated carbocycles. The van der Waals surface area contributed by atoms with E-state index in [0.29, 0.717) is 5.88 Å². The molecule has 1 aromatic heterocycles. The quantitative estimate of drug-likeness (QED) is 0.596. The number of aryl methyl sites for hydroxylation is 2. The van der Waals surface area contributed by atoms with Crippen LogP contribution >= 0.6 is 47.8 Å². The molecular formula is C13H10Br3NO. The summed E-state index contributed by atoms with van der Waals surface area (Å²) in [6, 6.07) is 5.86. The van der Waals surface area contributed by atoms with Crippen LogP contribution in [0.2, 0.25) is 0 Å². The summed E-state index contributed by atoms with van der Waals surface area (Å²) in [5, 5.41) is 0. The van der Waals surface area contributed by atoms with Gasteiger partial charge in [0, 0.05) is 15.1 Å². The molecule has 0 spiro atoms. The molecule has 2 aromatic rings. The van der Waals surface area contributed by atoms with E-state index in [-0.39, 0.29) is 0 Å². The average molecular weight is 436 g/mol. The molecule has 1 aromatic carbocycles. The van der Waals surface area contributed by atoms with E-state index in [9.17, 15) is 0 Å². The fraction of sp³-hybridized carbons (Fsp3) is 0.154. The van der Waals surface area contributed by atoms with Crippen molar-refractivity contribution in [3.63, 3.8) is 0 Å². The van der Waals surface area contributed by atoms with Crippen LogP contribution in [-0.2, 0) is 0 Å². The number of pyridine rings is 1. The predicted octanol–water partition coefficient (Wildman–Crippen LogP) is 5.78. The maximum Gasteiger partial charge on any atom is 0.233 e. The molecule has 0 amide bonds. The van der Waals surface area contributed by atoms with Gasteiger partial charge in [-0.25, -0.2) is 4.98 Å². The monoisotopic (exact) mass is 433 g/mol. The van der Waals surface area contributed by atoms with Crippen molar-refractivity contribution in [3.05, 3.63) is 48.9 Å². The Balaban J connectivity index is 2.34. The van der Waals surface area contributed by atoms with E-state index < -0.39 is 0 Å². The van der Waals surface area contributed by atoms with Gasteiger partial charge in [0.25, 0.3) is 0 Å². The lowest BCUT2D eigenvalue weighted by atomic mass is 10.1. The molecule has 1 heterocycles. The van der Waals surface area contributed by atoms with Crippen LogP contribution < -0.4 is 4.74 Å². The second-order valence-electron chi connectivity index (χ2n) is 3.91. The Bertz CT molecular complexity index is 576. The Morgan fingerprint density at radius 3 is 2.17 bits per heavy atom. The van der Waals surface area contributed by atoms with Gasteiger partial charge in [0.05, 0.1) is 4.47 Å². The van der Waals surface area contributed by atoms with Gasteiger partial charge >= 0.3 is 0 Å². The zero-order valence-corrected chi connectivity index (χ0v) is 14.6. The van der Waals surface area contributed by atoms with Gasteiger partial charge in [-0.05, 0) is 75.0 Å². The third-order valence-electron chi connectivity index (χ3n) is 2.40. The van der Waals surface area contributed by atoms with Crippen LogP contribution in [0, 0.1) is 13.8 Å². The van der Waals surface area contributed by atoms with Crippen LogP contribution in [0.25, 0.3) is 0 Å². The predicted molar refractivity (Wildman–Crippen MR) is 83.3 cm³/mol. The van der Waals surface area contributed by atoms with Gasteiger partial charge in [-0.3, -0.25) is 0 Å². The Morgan fingerprint density at radius 2 is 1.61 bits per heavy atom. The maximum absolute atomic E-state index is 5.78. The first-order valence-electron chi connectivity index (χ1n) is 5.23. The van der Waals surface area contributed by atoms with Crippen molar-refractivity contribution < 1.29 is 4.74 Å². The van der Waals surface area contributed by atoms with Crippen molar-refractivity contribution >= 4 is 47.8 Å². The third-order valence-corrected chi connectivity index (χ3v) is 4.65. The normalized spacial score (nSPS) is 10.5. The number of rotatable bonds is 2. The lowest BCUT2D eigenvalue weighted by molar-refractivity contribution is 0.458. The highest BCUT2D eigenvalue weighted by molar-refractivity contribution is 9.11. The van der Waals surface area contributed by atoms with E-state index in [0.717, 1.165) is 30.3 Å². The summed E-state index contributed by atoms with van der Waals surface area (Å²) in [5.41, 5.74) is 2.27. The van der Waals surface area contributed by atoms with Gasteiger partial charge in [-0.1, -0.05) is 15.9 Å². The van der Waals surface area contributed by atoms with Crippen molar-refractivity contribution in [1.82, 2.24) is 4.98 Å². The standard InChI is InChI=1S/C13H10Br3NO/c1-7-3-10(4-8(2)12(7)16)18-13-11(15)5-9(14)6-17-13/h3-6H,1-2H3. The lowest BCUT2D eigenvalue weighted by Crippen LogP contribution is -1.91. The van der Waals surface area contributed by atoms with Gasteiger partial charge in [0.1, 0.15) is 5.75 Å². The summed E-state index contributed by atoms with van der Waals surface area (Å²) in [4.78, 5) is 4.23. The topological polar surface area (TPSA) is 22.1 Å². The molecule has 0 aliphatic rings. The first-order valence-corrected chi connectivity index (χ1v) is 7.61. The molecule has 0 aliphatic carbocycles. The highest BCUT2D eigenvalue weighted by Gasteiger charge is 2.08. The van der Waals surface area contributed by atoms with E-state index in [2.05, 4.69) is 52.8 Å². The summed E-state index contributed by atoms with van der Waals surface area (Å²) in [6.07, 6.45) is 1.71. The van der Waals surface area contributed by atoms with Crippen LogP contribution in [0.1, 0.15) is 11.1 Å². The second-order valence-corrected chi connectivity index (χ2v) is 6.48. The molecule has 2 nitrogen and oxygen atoms in total. The molecule has 0 atom stereocenters. The molecule has 5 heteroatoms. The molecule has 94 valence electrons. The molecule has 2 rings (SSSR count). The highest BCUT2D eigenvalue weighted by atomic mass is 79.9. The number of halogens is 3. The Kier molecular flexibility index (Phi) is 4.45. The summed E-state index contributed by atoms with van der Waals surface area (Å²) in [6.45, 7) is 4.07. The smallest absolute Gasteiger partial charge is 0.233 e. The average Bonchev–Trinajstić information content (AvgIpc) is 2.29. The fourth-order valence-corrected chi connectivity index (χ4v) is 2.85. The zero-order valence-electron chi connectivity index (χ0n) is 9.80. The minimum Gasteiger partial charge on any atom is -0.438 e. The first kappa shape index (κ1) is 14.0. The number of ether oxygens (including phenoxy) is 1. The van der Waals surface area contributed by atoms with Crippen LogP contribution in [0.4, 0.5) is 0 Å². The van der Waals surface area contributed by atoms with Gasteiger partial charge in [0.15, 0.2) is 0 Å². The van der Waals surface area contributed by atoms with E-state index in [4.69, 9.17) is 4.74 Å². The molecular weight excluding hydrogens is 426 g/mol. The van der Waals surface area contributed by atoms with Gasteiger partial charge < -0.3 is 4.74 Å². The van der Waals surface area contributed by atoms with Gasteiger partial charge in [-0.15, -0.1) is 0 Å². The number of aromatic nitrogens is 1. The maximum atomic E-state index is 5.78. The Morgan fingerprint density at radius 1 is 1.00 bits per heavy atom. The van der Waals surface area contributed by atoms with Crippen molar-refractivity contribution in [2.45, 2.75) is 13.8 Å². The van der Waals surface area contributed by atoms with E-state index in [1.165, 1.54) is 0 Å². The van der Waals surface area contributed by atoms with Crippen LogP contribution in [0.3, 0.4) is 0 Å². The van der Waals surface area contributed by atoms with Crippen LogP contribution in [-0.4, -0.2) is 4.98 Å². The number of hydrogen-bond donors (Lipinski definition) is 0. The van der Waals surface area contributed by atoms with Gasteiger partial charge in [-0.2, -0.15) is 0 Å². The summed E-state index contributed by atoms with van der Waals surface area (Å²) >= 11 is 10.3. The van der Waals surface area contributed by atoms with Crippen molar-refractivity contribution in [1.29, 1.82) is 0 Å². The van der Waals surface area contributed by atoms with E-state index in [1.807, 2.05) is 32.0 Å². The molecule has 0 N–H and O–H groups in total. The highest BCUT2D eigenvalue weighted by Crippen LogP contribution is 2.32. The number of hydrogen-bond acceptors (Lipinski definition) is 2. The van der Waals surface area contributed by atoms with E-state index in [1.54, 1.807) is 6.20 Å². The number of nitrogens with zero attached hydrogens (tertiary/aromatic N) is 1. The molecule has 0 unspecified atom stereocenters. The molecule has 0 aliphatic heterocycles. The van der Waals surface area contributed by atoms with E-state index >= 15 is 0 Å². The second kappa shape index (κ2) is 5.72. The Labute approximate surface area is 131 Å². The SMILES string of the molecule is Cc1cc(Oc2ncc(Br)cc2Br)cc(C)c1Br. The lowest BCUT2D eigenvalue weighted by Gasteiger charge is -2.10. The summed E-state index contributed by atoms with van der Waals surface area (Å²) in [5.74, 6) is 1.34. The molecule has 0 radical (unpaired) electrons. The first-order chi connectivity index (χ1) is 8.47. The van der Waals surface area contributed by atoms with Crippen LogP contribution in [0.15, 0.2) is 37.8 Å². The minimum absolute atomic E-state index is 0.555. The van der Waals surface area contributed by atoms with Crippen molar-refractivity contribution in [3.8, 4) is 11.6 Å². The van der Waals surface area contributed by atoms with Crippen molar-refractivity contribution in [2.24, 2.45) is 0 Å². The summed E-state index contributed by atoms with van der Waals surface area (Å²) < 4.78 is 8.61. The van der Waals surface area contributed by atoms with Gasteiger partial charge in [0.2, 0.25) is 5.88 Å². The molecule has 18 heavy (non-hydrogen) atoms. The minimum atomic E-state index is 0.555. The van der Waals surface area contributed by atoms with Crippen LogP contribution in [0.5, 0.6) is 11.6 Å². The third kappa shape index (κ3) is 3.13. The zero-order chi connectivity index (χ0) is 13.3. The molecule has 0 saturated heterocycles. The fourth-order valence-electron chi connectivity index (χ4n) is 1.55.